The van der Waals surface area contributed by atoms with Crippen molar-refractivity contribution in [1.82, 2.24) is 0 Å². The molecule has 0 bridgehead atoms. The highest BCUT2D eigenvalue weighted by Gasteiger charge is 2.04. The first-order valence-corrected chi connectivity index (χ1v) is 8.83. The van der Waals surface area contributed by atoms with E-state index in [1.807, 2.05) is 0 Å². The fraction of sp³-hybridized carbons (Fsp3) is 0.929. The number of unbranched alkanes of at least 4 members (excludes halogenated alkanes) is 7. The molecule has 0 aliphatic heterocycles. The van der Waals surface area contributed by atoms with Crippen molar-refractivity contribution in [3.05, 3.63) is 0 Å². The number of hydrogen-bond donors (Lipinski definition) is 1. The van der Waals surface area contributed by atoms with E-state index in [2.05, 4.69) is 6.92 Å². The van der Waals surface area contributed by atoms with Crippen molar-refractivity contribution >= 4 is 15.5 Å². The highest BCUT2D eigenvalue weighted by molar-refractivity contribution is 6.36. The lowest BCUT2D eigenvalue weighted by Gasteiger charge is -2.05. The first kappa shape index (κ1) is 21.9. The molecule has 0 saturated carbocycles. The van der Waals surface area contributed by atoms with E-state index in [1.165, 1.54) is 38.5 Å². The topological polar surface area (TPSA) is 65.0 Å². The van der Waals surface area contributed by atoms with Gasteiger partial charge in [0.25, 0.3) is 0 Å². The summed E-state index contributed by atoms with van der Waals surface area (Å²) in [6.45, 7) is 2.22. The van der Waals surface area contributed by atoms with Gasteiger partial charge in [-0.2, -0.15) is 0 Å². The molecule has 122 valence electrons. The first-order valence-electron chi connectivity index (χ1n) is 7.42. The lowest BCUT2D eigenvalue weighted by Crippen LogP contribution is -2.21. The molecule has 0 radical (unpaired) electrons. The van der Waals surface area contributed by atoms with Gasteiger partial charge in [0.15, 0.2) is 0 Å². The average Bonchev–Trinajstić information content (AvgIpc) is 2.44. The predicted molar refractivity (Wildman–Crippen MR) is 83.0 cm³/mol. The van der Waals surface area contributed by atoms with Crippen LogP contribution in [0.15, 0.2) is 0 Å². The van der Waals surface area contributed by atoms with Crippen molar-refractivity contribution < 1.29 is 23.2 Å². The Balaban J connectivity index is 0. The van der Waals surface area contributed by atoms with Crippen LogP contribution in [0.25, 0.3) is 0 Å². The Morgan fingerprint density at radius 2 is 1.25 bits per heavy atom. The molecule has 0 heterocycles. The van der Waals surface area contributed by atoms with Crippen LogP contribution in [0, 0.1) is 0 Å². The van der Waals surface area contributed by atoms with Crippen LogP contribution in [-0.2, 0) is 18.1 Å². The first-order chi connectivity index (χ1) is 9.62. The molecule has 0 spiro atoms. The number of hydrogen-bond acceptors (Lipinski definition) is 4. The Bertz CT molecular complexity index is 192. The Morgan fingerprint density at radius 3 is 1.55 bits per heavy atom. The summed E-state index contributed by atoms with van der Waals surface area (Å²) < 4.78 is 14.2. The van der Waals surface area contributed by atoms with E-state index < -0.39 is 15.5 Å². The summed E-state index contributed by atoms with van der Waals surface area (Å²) in [5.41, 5.74) is 0. The van der Waals surface area contributed by atoms with Crippen molar-refractivity contribution in [3.63, 3.8) is 0 Å². The Hall–Kier alpha value is -0.433. The molecule has 0 rings (SSSR count). The summed E-state index contributed by atoms with van der Waals surface area (Å²) in [7, 11) is 3.05. The zero-order valence-electron chi connectivity index (χ0n) is 13.5. The van der Waals surface area contributed by atoms with Gasteiger partial charge < -0.3 is 18.4 Å². The molecule has 0 aliphatic carbocycles. The number of carboxylic acid groups (broad SMARTS) is 1. The van der Waals surface area contributed by atoms with Gasteiger partial charge in [0.1, 0.15) is 0 Å². The van der Waals surface area contributed by atoms with Crippen LogP contribution < -0.4 is 0 Å². The van der Waals surface area contributed by atoms with Crippen LogP contribution in [0.3, 0.4) is 0 Å². The molecule has 0 aromatic rings. The molecule has 0 aromatic carbocycles. The van der Waals surface area contributed by atoms with Crippen LogP contribution in [0.2, 0.25) is 0 Å². The van der Waals surface area contributed by atoms with Gasteiger partial charge in [-0.15, -0.1) is 0 Å². The molecule has 0 atom stereocenters. The largest absolute Gasteiger partial charge is 0.483 e. The molecule has 0 unspecified atom stereocenters. The fourth-order valence-corrected chi connectivity index (χ4v) is 2.28. The SMILES string of the molecule is CCCCCCCCCCC(=O)O.CO[SiH](OC)OC. The lowest BCUT2D eigenvalue weighted by molar-refractivity contribution is -0.137. The summed E-state index contributed by atoms with van der Waals surface area (Å²) >= 11 is 0. The van der Waals surface area contributed by atoms with Crippen molar-refractivity contribution in [2.45, 2.75) is 64.7 Å². The fourth-order valence-electron chi connectivity index (χ4n) is 1.70. The summed E-state index contributed by atoms with van der Waals surface area (Å²) in [4.78, 5) is 10.2. The van der Waals surface area contributed by atoms with Crippen molar-refractivity contribution in [2.24, 2.45) is 0 Å². The normalized spacial score (nSPS) is 10.2. The van der Waals surface area contributed by atoms with E-state index in [4.69, 9.17) is 18.4 Å². The van der Waals surface area contributed by atoms with Crippen molar-refractivity contribution in [1.29, 1.82) is 0 Å². The van der Waals surface area contributed by atoms with Crippen molar-refractivity contribution in [2.75, 3.05) is 21.3 Å². The van der Waals surface area contributed by atoms with Gasteiger partial charge in [-0.25, -0.2) is 0 Å². The molecule has 0 aliphatic rings. The van der Waals surface area contributed by atoms with Gasteiger partial charge in [-0.3, -0.25) is 4.79 Å². The summed E-state index contributed by atoms with van der Waals surface area (Å²) in [5.74, 6) is -0.661. The molecule has 0 saturated heterocycles. The second-order valence-electron chi connectivity index (χ2n) is 4.61. The Morgan fingerprint density at radius 1 is 0.850 bits per heavy atom. The lowest BCUT2D eigenvalue weighted by atomic mass is 10.1. The van der Waals surface area contributed by atoms with Gasteiger partial charge in [-0.05, 0) is 6.42 Å². The quantitative estimate of drug-likeness (QED) is 0.443. The van der Waals surface area contributed by atoms with Gasteiger partial charge in [0, 0.05) is 27.8 Å². The van der Waals surface area contributed by atoms with E-state index in [0.717, 1.165) is 12.8 Å². The van der Waals surface area contributed by atoms with Gasteiger partial charge in [0.05, 0.1) is 0 Å². The maximum atomic E-state index is 10.2. The standard InChI is InChI=1S/C11H22O2.C3H10O3Si/c1-2-3-4-5-6-7-8-9-10-11(12)13;1-4-7(5-2)6-3/h2-10H2,1H3,(H,12,13);7H,1-3H3. The van der Waals surface area contributed by atoms with Gasteiger partial charge in [0.2, 0.25) is 0 Å². The smallest absolute Gasteiger partial charge is 0.481 e. The molecule has 0 fully saturated rings. The molecular formula is C14H32O5Si. The molecular weight excluding hydrogens is 276 g/mol. The van der Waals surface area contributed by atoms with E-state index >= 15 is 0 Å². The molecule has 6 heteroatoms. The summed E-state index contributed by atoms with van der Waals surface area (Å²) in [6.07, 6.45) is 10.1. The van der Waals surface area contributed by atoms with E-state index in [1.54, 1.807) is 21.3 Å². The third-order valence-corrected chi connectivity index (χ3v) is 3.98. The second-order valence-corrected chi connectivity index (χ2v) is 6.61. The number of carboxylic acids is 1. The highest BCUT2D eigenvalue weighted by atomic mass is 28.3. The molecule has 0 amide bonds. The number of aliphatic carboxylic acids is 1. The van der Waals surface area contributed by atoms with Crippen LogP contribution >= 0.6 is 0 Å². The van der Waals surface area contributed by atoms with Gasteiger partial charge >= 0.3 is 15.5 Å². The summed E-state index contributed by atoms with van der Waals surface area (Å²) in [5, 5.41) is 8.39. The molecule has 1 N–H and O–H groups in total. The Labute approximate surface area is 125 Å². The molecule has 20 heavy (non-hydrogen) atoms. The second kappa shape index (κ2) is 18.6. The van der Waals surface area contributed by atoms with E-state index in [9.17, 15) is 4.79 Å². The zero-order valence-corrected chi connectivity index (χ0v) is 14.7. The molecule has 0 aromatic heterocycles. The summed E-state index contributed by atoms with van der Waals surface area (Å²) in [6, 6.07) is 0. The third kappa shape index (κ3) is 19.9. The predicted octanol–water partition coefficient (Wildman–Crippen LogP) is 3.24. The van der Waals surface area contributed by atoms with Crippen LogP contribution in [-0.4, -0.2) is 41.9 Å². The Kier molecular flexibility index (Phi) is 20.3. The third-order valence-electron chi connectivity index (χ3n) is 2.82. The number of carbonyl (C=O) groups is 1. The maximum absolute atomic E-state index is 10.2. The van der Waals surface area contributed by atoms with Gasteiger partial charge in [-0.1, -0.05) is 51.9 Å². The highest BCUT2D eigenvalue weighted by Crippen LogP contribution is 2.09. The minimum atomic E-state index is -1.67. The van der Waals surface area contributed by atoms with E-state index in [0.29, 0.717) is 6.42 Å². The van der Waals surface area contributed by atoms with Crippen LogP contribution in [0.4, 0.5) is 0 Å². The average molecular weight is 308 g/mol. The van der Waals surface area contributed by atoms with E-state index in [-0.39, 0.29) is 0 Å². The van der Waals surface area contributed by atoms with Crippen LogP contribution in [0.1, 0.15) is 64.7 Å². The monoisotopic (exact) mass is 308 g/mol. The maximum Gasteiger partial charge on any atom is 0.483 e. The zero-order chi connectivity index (χ0) is 15.6. The van der Waals surface area contributed by atoms with Crippen molar-refractivity contribution in [3.8, 4) is 0 Å². The molecule has 5 nitrogen and oxygen atoms in total. The minimum Gasteiger partial charge on any atom is -0.481 e. The van der Waals surface area contributed by atoms with Crippen LogP contribution in [0.5, 0.6) is 0 Å². The number of rotatable bonds is 12. The minimum absolute atomic E-state index is 0.342.